The summed E-state index contributed by atoms with van der Waals surface area (Å²) in [5.74, 6) is -2.11. The zero-order valence-corrected chi connectivity index (χ0v) is 15.3. The normalized spacial score (nSPS) is 13.5. The molecule has 0 aliphatic heterocycles. The first-order valence-electron chi connectivity index (χ1n) is 7.98. The van der Waals surface area contributed by atoms with Crippen LogP contribution in [0, 0.1) is 5.41 Å². The maximum Gasteiger partial charge on any atom is 0.306 e. The summed E-state index contributed by atoms with van der Waals surface area (Å²) in [6.45, 7) is 4.36. The predicted octanol–water partition coefficient (Wildman–Crippen LogP) is 0.205. The number of carbonyl (C=O) groups excluding carboxylic acids is 2. The van der Waals surface area contributed by atoms with Crippen molar-refractivity contribution in [2.45, 2.75) is 51.9 Å². The third-order valence-electron chi connectivity index (χ3n) is 3.66. The van der Waals surface area contributed by atoms with Gasteiger partial charge in [-0.1, -0.05) is 20.8 Å². The first kappa shape index (κ1) is 22.8. The molecule has 24 heavy (non-hydrogen) atoms. The van der Waals surface area contributed by atoms with Gasteiger partial charge >= 0.3 is 5.97 Å². The molecule has 0 bridgehead atoms. The van der Waals surface area contributed by atoms with E-state index in [4.69, 9.17) is 14.2 Å². The van der Waals surface area contributed by atoms with Gasteiger partial charge in [0.1, 0.15) is 6.61 Å². The molecule has 0 aliphatic carbocycles. The van der Waals surface area contributed by atoms with Crippen LogP contribution in [0.2, 0.25) is 0 Å². The van der Waals surface area contributed by atoms with Gasteiger partial charge in [-0.15, -0.1) is 0 Å². The molecule has 0 rings (SSSR count). The van der Waals surface area contributed by atoms with Gasteiger partial charge in [0.15, 0.2) is 0 Å². The second-order valence-corrected chi connectivity index (χ2v) is 6.45. The van der Waals surface area contributed by atoms with Crippen molar-refractivity contribution in [3.05, 3.63) is 0 Å². The molecule has 0 radical (unpaired) electrons. The second kappa shape index (κ2) is 10.6. The van der Waals surface area contributed by atoms with Gasteiger partial charge < -0.3 is 29.7 Å². The van der Waals surface area contributed by atoms with Crippen molar-refractivity contribution >= 4 is 11.9 Å². The summed E-state index contributed by atoms with van der Waals surface area (Å²) in [5.41, 5.74) is -0.522. The summed E-state index contributed by atoms with van der Waals surface area (Å²) in [6, 6.07) is 0. The molecule has 0 saturated carbocycles. The van der Waals surface area contributed by atoms with E-state index in [1.165, 1.54) is 7.11 Å². The Balaban J connectivity index is 4.52. The molecule has 0 spiro atoms. The first-order valence-corrected chi connectivity index (χ1v) is 7.98. The van der Waals surface area contributed by atoms with E-state index >= 15 is 0 Å². The number of aliphatic hydroxyl groups excluding tert-OH is 2. The highest BCUT2D eigenvalue weighted by atomic mass is 16.7. The molecule has 1 amide bonds. The van der Waals surface area contributed by atoms with E-state index in [0.717, 1.165) is 0 Å². The Morgan fingerprint density at radius 1 is 1.17 bits per heavy atom. The summed E-state index contributed by atoms with van der Waals surface area (Å²) in [6.07, 6.45) is 0.274. The summed E-state index contributed by atoms with van der Waals surface area (Å²) in [7, 11) is 2.86. The van der Waals surface area contributed by atoms with Gasteiger partial charge in [-0.3, -0.25) is 9.59 Å². The fraction of sp³-hybridized carbons (Fsp3) is 0.875. The van der Waals surface area contributed by atoms with E-state index in [0.29, 0.717) is 6.42 Å². The van der Waals surface area contributed by atoms with E-state index in [1.54, 1.807) is 7.05 Å². The van der Waals surface area contributed by atoms with Crippen LogP contribution in [0.25, 0.3) is 0 Å². The molecule has 8 nitrogen and oxygen atoms in total. The van der Waals surface area contributed by atoms with Crippen LogP contribution in [0.1, 0.15) is 40.0 Å². The van der Waals surface area contributed by atoms with E-state index in [-0.39, 0.29) is 25.4 Å². The number of nitrogens with one attached hydrogen (secondary N) is 1. The van der Waals surface area contributed by atoms with Crippen LogP contribution in [-0.4, -0.2) is 68.0 Å². The van der Waals surface area contributed by atoms with Gasteiger partial charge in [-0.05, 0) is 11.8 Å². The average Bonchev–Trinajstić information content (AvgIpc) is 2.54. The number of carbonyl (C=O) groups is 2. The average molecular weight is 349 g/mol. The smallest absolute Gasteiger partial charge is 0.306 e. The van der Waals surface area contributed by atoms with Crippen LogP contribution >= 0.6 is 0 Å². The number of methoxy groups -OCH3 is 1. The van der Waals surface area contributed by atoms with Crippen LogP contribution in [0.4, 0.5) is 0 Å². The van der Waals surface area contributed by atoms with Crippen LogP contribution < -0.4 is 5.32 Å². The topological polar surface area (TPSA) is 114 Å². The molecule has 1 atom stereocenters. The predicted molar refractivity (Wildman–Crippen MR) is 87.1 cm³/mol. The highest BCUT2D eigenvalue weighted by molar-refractivity contribution is 5.77. The Hall–Kier alpha value is -1.22. The molecule has 0 aliphatic rings. The van der Waals surface area contributed by atoms with Crippen LogP contribution in [0.15, 0.2) is 0 Å². The summed E-state index contributed by atoms with van der Waals surface area (Å²) in [4.78, 5) is 23.4. The third kappa shape index (κ3) is 8.05. The number of ether oxygens (including phenoxy) is 3. The largest absolute Gasteiger partial charge is 0.463 e. The van der Waals surface area contributed by atoms with Gasteiger partial charge in [-0.25, -0.2) is 0 Å². The van der Waals surface area contributed by atoms with Crippen LogP contribution in [-0.2, 0) is 23.8 Å². The van der Waals surface area contributed by atoms with Crippen LogP contribution in [0.5, 0.6) is 0 Å². The second-order valence-electron chi connectivity index (χ2n) is 6.45. The molecule has 0 heterocycles. The quantitative estimate of drug-likeness (QED) is 0.341. The Labute approximate surface area is 143 Å². The van der Waals surface area contributed by atoms with E-state index < -0.39 is 36.5 Å². The maximum atomic E-state index is 12.0. The van der Waals surface area contributed by atoms with E-state index in [2.05, 4.69) is 5.32 Å². The molecule has 0 aromatic carbocycles. The molecule has 142 valence electrons. The number of esters is 1. The molecule has 0 aromatic rings. The van der Waals surface area contributed by atoms with Crippen molar-refractivity contribution < 1.29 is 34.0 Å². The lowest BCUT2D eigenvalue weighted by atomic mass is 9.85. The van der Waals surface area contributed by atoms with Crippen molar-refractivity contribution in [1.29, 1.82) is 0 Å². The summed E-state index contributed by atoms with van der Waals surface area (Å²) < 4.78 is 15.7. The van der Waals surface area contributed by atoms with Crippen molar-refractivity contribution in [3.8, 4) is 0 Å². The first-order chi connectivity index (χ1) is 11.2. The van der Waals surface area contributed by atoms with Gasteiger partial charge in [0, 0.05) is 20.6 Å². The number of hydrogen-bond acceptors (Lipinski definition) is 7. The lowest BCUT2D eigenvalue weighted by Crippen LogP contribution is -2.46. The Morgan fingerprint density at radius 3 is 2.17 bits per heavy atom. The lowest BCUT2D eigenvalue weighted by Gasteiger charge is -2.32. The van der Waals surface area contributed by atoms with Gasteiger partial charge in [-0.2, -0.15) is 0 Å². The van der Waals surface area contributed by atoms with E-state index in [1.807, 2.05) is 20.8 Å². The van der Waals surface area contributed by atoms with Crippen LogP contribution in [0.3, 0.4) is 0 Å². The molecule has 3 N–H and O–H groups in total. The molecular formula is C16H31NO7. The standard InChI is InChI=1S/C16H31NO7/c1-6-12(24-16(10-18,11-19)22-5)9-23-14(21)8-15(2,3)7-13(20)17-4/h12,18-19H,6-11H2,1-5H3,(H,17,20)/t12-/m1/s1. The third-order valence-corrected chi connectivity index (χ3v) is 3.66. The zero-order chi connectivity index (χ0) is 18.8. The Kier molecular flexibility index (Phi) is 10.1. The fourth-order valence-electron chi connectivity index (χ4n) is 2.05. The maximum absolute atomic E-state index is 12.0. The van der Waals surface area contributed by atoms with Gasteiger partial charge in [0.2, 0.25) is 11.7 Å². The minimum Gasteiger partial charge on any atom is -0.463 e. The molecule has 0 unspecified atom stereocenters. The van der Waals surface area contributed by atoms with Crippen molar-refractivity contribution in [3.63, 3.8) is 0 Å². The van der Waals surface area contributed by atoms with Crippen molar-refractivity contribution in [1.82, 2.24) is 5.32 Å². The minimum atomic E-state index is -1.52. The number of amides is 1. The molecule has 0 saturated heterocycles. The number of hydrogen-bond donors (Lipinski definition) is 3. The van der Waals surface area contributed by atoms with Gasteiger partial charge in [0.05, 0.1) is 25.7 Å². The van der Waals surface area contributed by atoms with Crippen molar-refractivity contribution in [2.24, 2.45) is 5.41 Å². The highest BCUT2D eigenvalue weighted by Gasteiger charge is 2.33. The molecule has 0 fully saturated rings. The van der Waals surface area contributed by atoms with E-state index in [9.17, 15) is 19.8 Å². The summed E-state index contributed by atoms with van der Waals surface area (Å²) in [5, 5.41) is 21.1. The SMILES string of the molecule is CC[C@H](COC(=O)CC(C)(C)CC(=O)NC)OC(CO)(CO)OC. The monoisotopic (exact) mass is 349 g/mol. The van der Waals surface area contributed by atoms with Gasteiger partial charge in [0.25, 0.3) is 0 Å². The van der Waals surface area contributed by atoms with Crippen molar-refractivity contribution in [2.75, 3.05) is 34.0 Å². The zero-order valence-electron chi connectivity index (χ0n) is 15.3. The molecular weight excluding hydrogens is 318 g/mol. The molecule has 8 heteroatoms. The Morgan fingerprint density at radius 2 is 1.75 bits per heavy atom. The highest BCUT2D eigenvalue weighted by Crippen LogP contribution is 2.25. The molecule has 0 aromatic heterocycles. The Bertz CT molecular complexity index is 386. The fourth-order valence-corrected chi connectivity index (χ4v) is 2.05. The number of rotatable bonds is 12. The number of aliphatic hydroxyl groups is 2. The minimum absolute atomic E-state index is 0.0313. The summed E-state index contributed by atoms with van der Waals surface area (Å²) >= 11 is 0. The lowest BCUT2D eigenvalue weighted by molar-refractivity contribution is -0.282.